The van der Waals surface area contributed by atoms with Crippen LogP contribution in [0.15, 0.2) is 41.2 Å². The number of aromatic amines is 1. The van der Waals surface area contributed by atoms with E-state index in [4.69, 9.17) is 0 Å². The zero-order valence-corrected chi connectivity index (χ0v) is 11.3. The van der Waals surface area contributed by atoms with Crippen LogP contribution in [0.1, 0.15) is 18.2 Å². The largest absolute Gasteiger partial charge is 0.508 e. The summed E-state index contributed by atoms with van der Waals surface area (Å²) in [5.74, 6) is 0.624. The molecule has 1 aliphatic rings. The van der Waals surface area contributed by atoms with Crippen LogP contribution in [0.2, 0.25) is 0 Å². The van der Waals surface area contributed by atoms with Gasteiger partial charge in [0.25, 0.3) is 5.91 Å². The third-order valence-electron chi connectivity index (χ3n) is 3.12. The lowest BCUT2D eigenvalue weighted by Gasteiger charge is -2.13. The number of benzene rings is 1. The van der Waals surface area contributed by atoms with Gasteiger partial charge in [0, 0.05) is 0 Å². The number of phenols is 1. The van der Waals surface area contributed by atoms with Crippen LogP contribution in [0.4, 0.5) is 0 Å². The van der Waals surface area contributed by atoms with Crippen LogP contribution in [0.25, 0.3) is 6.08 Å². The fourth-order valence-electron chi connectivity index (χ4n) is 2.04. The lowest BCUT2D eigenvalue weighted by atomic mass is 10.2. The van der Waals surface area contributed by atoms with Gasteiger partial charge in [-0.1, -0.05) is 12.1 Å². The highest BCUT2D eigenvalue weighted by atomic mass is 16.3. The number of amidine groups is 1. The Morgan fingerprint density at radius 3 is 2.76 bits per heavy atom. The number of hydrogen-bond acceptors (Lipinski definition) is 5. The fraction of sp³-hybridized carbons (Fsp3) is 0.143. The van der Waals surface area contributed by atoms with Crippen molar-refractivity contribution in [3.8, 4) is 5.75 Å². The van der Waals surface area contributed by atoms with Crippen molar-refractivity contribution in [2.24, 2.45) is 4.99 Å². The number of carbonyl (C=O) groups excluding carboxylic acids is 1. The highest BCUT2D eigenvalue weighted by Crippen LogP contribution is 2.20. The van der Waals surface area contributed by atoms with Gasteiger partial charge in [-0.3, -0.25) is 9.69 Å². The predicted octanol–water partition coefficient (Wildman–Crippen LogP) is 1.31. The Morgan fingerprint density at radius 2 is 2.10 bits per heavy atom. The predicted molar refractivity (Wildman–Crippen MR) is 76.1 cm³/mol. The van der Waals surface area contributed by atoms with E-state index in [1.807, 2.05) is 0 Å². The standard InChI is InChI=1S/C14H13N5O2/c1-9-16-13(6-10-2-4-12(20)5-3-10)14(21)19(9)8-11-7-15-18-17-11/h2-7,20H,8H2,1H3,(H,15,17,18)/b13-6-. The van der Waals surface area contributed by atoms with Gasteiger partial charge in [0.15, 0.2) is 0 Å². The lowest BCUT2D eigenvalue weighted by Crippen LogP contribution is -2.30. The molecule has 0 saturated carbocycles. The second-order valence-corrected chi connectivity index (χ2v) is 4.63. The minimum atomic E-state index is -0.177. The SMILES string of the molecule is CC1=N/C(=C\c2ccc(O)cc2)C(=O)N1Cc1cn[nH]n1. The van der Waals surface area contributed by atoms with Gasteiger partial charge in [-0.15, -0.1) is 0 Å². The Morgan fingerprint density at radius 1 is 1.33 bits per heavy atom. The van der Waals surface area contributed by atoms with Gasteiger partial charge >= 0.3 is 0 Å². The van der Waals surface area contributed by atoms with Crippen LogP contribution in [0.5, 0.6) is 5.75 Å². The first kappa shape index (κ1) is 13.0. The lowest BCUT2D eigenvalue weighted by molar-refractivity contribution is -0.123. The highest BCUT2D eigenvalue weighted by Gasteiger charge is 2.27. The summed E-state index contributed by atoms with van der Waals surface area (Å²) in [4.78, 5) is 18.2. The van der Waals surface area contributed by atoms with Crippen LogP contribution in [0.3, 0.4) is 0 Å². The van der Waals surface area contributed by atoms with Crippen molar-refractivity contribution >= 4 is 17.8 Å². The van der Waals surface area contributed by atoms with E-state index < -0.39 is 0 Å². The first-order valence-corrected chi connectivity index (χ1v) is 6.36. The molecule has 1 aliphatic heterocycles. The number of aliphatic imine (C=N–C) groups is 1. The van der Waals surface area contributed by atoms with E-state index in [0.717, 1.165) is 5.56 Å². The van der Waals surface area contributed by atoms with E-state index in [1.54, 1.807) is 48.4 Å². The quantitative estimate of drug-likeness (QED) is 0.830. The van der Waals surface area contributed by atoms with Gasteiger partial charge in [-0.05, 0) is 30.7 Å². The summed E-state index contributed by atoms with van der Waals surface area (Å²) in [6, 6.07) is 6.58. The molecule has 0 bridgehead atoms. The van der Waals surface area contributed by atoms with E-state index in [2.05, 4.69) is 20.4 Å². The number of nitrogens with one attached hydrogen (secondary N) is 1. The third-order valence-corrected chi connectivity index (χ3v) is 3.12. The summed E-state index contributed by atoms with van der Waals surface area (Å²) in [5, 5.41) is 19.4. The van der Waals surface area contributed by atoms with Gasteiger partial charge in [0.2, 0.25) is 0 Å². The Labute approximate surface area is 120 Å². The zero-order valence-electron chi connectivity index (χ0n) is 11.3. The molecule has 1 aromatic heterocycles. The molecular weight excluding hydrogens is 270 g/mol. The number of amides is 1. The number of phenolic OH excluding ortho intramolecular Hbond substituents is 1. The van der Waals surface area contributed by atoms with E-state index in [9.17, 15) is 9.90 Å². The van der Waals surface area contributed by atoms with Crippen LogP contribution in [-0.4, -0.2) is 37.2 Å². The molecule has 0 fully saturated rings. The average Bonchev–Trinajstić information content (AvgIpc) is 3.06. The van der Waals surface area contributed by atoms with E-state index in [1.165, 1.54) is 0 Å². The zero-order chi connectivity index (χ0) is 14.8. The number of nitrogens with zero attached hydrogens (tertiary/aromatic N) is 4. The van der Waals surface area contributed by atoms with E-state index in [-0.39, 0.29) is 11.7 Å². The summed E-state index contributed by atoms with van der Waals surface area (Å²) in [5.41, 5.74) is 1.83. The molecule has 2 aromatic rings. The maximum atomic E-state index is 12.3. The highest BCUT2D eigenvalue weighted by molar-refractivity contribution is 6.13. The Kier molecular flexibility index (Phi) is 3.23. The van der Waals surface area contributed by atoms with Crippen molar-refractivity contribution in [3.05, 3.63) is 47.4 Å². The van der Waals surface area contributed by atoms with Gasteiger partial charge in [-0.25, -0.2) is 4.99 Å². The maximum Gasteiger partial charge on any atom is 0.278 e. The normalized spacial score (nSPS) is 16.6. The van der Waals surface area contributed by atoms with Crippen LogP contribution >= 0.6 is 0 Å². The molecule has 0 atom stereocenters. The summed E-state index contributed by atoms with van der Waals surface area (Å²) in [6.45, 7) is 2.10. The molecule has 0 saturated heterocycles. The van der Waals surface area contributed by atoms with Gasteiger partial charge in [-0.2, -0.15) is 15.4 Å². The first-order chi connectivity index (χ1) is 10.1. The summed E-state index contributed by atoms with van der Waals surface area (Å²) in [7, 11) is 0. The van der Waals surface area contributed by atoms with Crippen molar-refractivity contribution in [1.82, 2.24) is 20.3 Å². The average molecular weight is 283 g/mol. The minimum absolute atomic E-state index is 0.177. The van der Waals surface area contributed by atoms with Crippen molar-refractivity contribution in [1.29, 1.82) is 0 Å². The summed E-state index contributed by atoms with van der Waals surface area (Å²) in [6.07, 6.45) is 3.26. The Balaban J connectivity index is 1.82. The van der Waals surface area contributed by atoms with Crippen LogP contribution in [0, 0.1) is 0 Å². The molecule has 21 heavy (non-hydrogen) atoms. The van der Waals surface area contributed by atoms with Crippen molar-refractivity contribution in [3.63, 3.8) is 0 Å². The van der Waals surface area contributed by atoms with E-state index >= 15 is 0 Å². The number of hydrogen-bond donors (Lipinski definition) is 2. The topological polar surface area (TPSA) is 94.5 Å². The van der Waals surface area contributed by atoms with Gasteiger partial charge < -0.3 is 5.11 Å². The molecule has 1 aromatic carbocycles. The molecule has 0 radical (unpaired) electrons. The second kappa shape index (κ2) is 5.20. The number of aromatic hydroxyl groups is 1. The number of rotatable bonds is 3. The molecule has 7 heteroatoms. The van der Waals surface area contributed by atoms with Gasteiger partial charge in [0.1, 0.15) is 23.0 Å². The molecule has 1 amide bonds. The number of H-pyrrole nitrogens is 1. The molecule has 2 N–H and O–H groups in total. The Hall–Kier alpha value is -2.96. The molecule has 0 aliphatic carbocycles. The minimum Gasteiger partial charge on any atom is -0.508 e. The molecule has 0 unspecified atom stereocenters. The summed E-state index contributed by atoms with van der Waals surface area (Å²) < 4.78 is 0. The molecule has 106 valence electrons. The third kappa shape index (κ3) is 2.66. The summed E-state index contributed by atoms with van der Waals surface area (Å²) >= 11 is 0. The van der Waals surface area contributed by atoms with E-state index in [0.29, 0.717) is 23.8 Å². The monoisotopic (exact) mass is 283 g/mol. The van der Waals surface area contributed by atoms with Crippen LogP contribution < -0.4 is 0 Å². The molecule has 2 heterocycles. The smallest absolute Gasteiger partial charge is 0.278 e. The van der Waals surface area contributed by atoms with Crippen LogP contribution in [-0.2, 0) is 11.3 Å². The molecule has 3 rings (SSSR count). The first-order valence-electron chi connectivity index (χ1n) is 6.36. The van der Waals surface area contributed by atoms with Gasteiger partial charge in [0.05, 0.1) is 12.7 Å². The molecule has 7 nitrogen and oxygen atoms in total. The van der Waals surface area contributed by atoms with Crippen molar-refractivity contribution in [2.45, 2.75) is 13.5 Å². The molecule has 0 spiro atoms. The maximum absolute atomic E-state index is 12.3. The van der Waals surface area contributed by atoms with Crippen molar-refractivity contribution in [2.75, 3.05) is 0 Å². The number of carbonyl (C=O) groups is 1. The fourth-order valence-corrected chi connectivity index (χ4v) is 2.04. The molecular formula is C14H13N5O2. The number of aromatic nitrogens is 3. The Bertz CT molecular complexity index is 716. The second-order valence-electron chi connectivity index (χ2n) is 4.63. The van der Waals surface area contributed by atoms with Crippen molar-refractivity contribution < 1.29 is 9.90 Å².